The van der Waals surface area contributed by atoms with Gasteiger partial charge in [0.2, 0.25) is 0 Å². The predicted octanol–water partition coefficient (Wildman–Crippen LogP) is 2.11. The van der Waals surface area contributed by atoms with E-state index in [0.29, 0.717) is 23.1 Å². The van der Waals surface area contributed by atoms with Gasteiger partial charge in [0, 0.05) is 5.56 Å². The monoisotopic (exact) mass is 307 g/mol. The smallest absolute Gasteiger partial charge is 0.295 e. The van der Waals surface area contributed by atoms with Gasteiger partial charge in [0.25, 0.3) is 5.91 Å². The fourth-order valence-electron chi connectivity index (χ4n) is 3.01. The highest BCUT2D eigenvalue weighted by atomic mass is 16.5. The predicted molar refractivity (Wildman–Crippen MR) is 85.5 cm³/mol. The van der Waals surface area contributed by atoms with E-state index in [1.54, 1.807) is 31.4 Å². The highest BCUT2D eigenvalue weighted by Crippen LogP contribution is 2.19. The summed E-state index contributed by atoms with van der Waals surface area (Å²) in [6.07, 6.45) is 3.69. The molecule has 0 aromatic heterocycles. The molecule has 2 N–H and O–H groups in total. The number of ether oxygens (including phenoxy) is 1. The highest BCUT2D eigenvalue weighted by Gasteiger charge is 2.34. The van der Waals surface area contributed by atoms with Crippen molar-refractivity contribution >= 4 is 5.91 Å². The maximum Gasteiger partial charge on any atom is 0.295 e. The van der Waals surface area contributed by atoms with Crippen LogP contribution < -0.4 is 10.2 Å². The Morgan fingerprint density at radius 2 is 1.91 bits per heavy atom. The number of likely N-dealkylation sites (tertiary alicyclic amines) is 1. The summed E-state index contributed by atoms with van der Waals surface area (Å²) in [5, 5.41) is 10.0. The van der Waals surface area contributed by atoms with Crippen molar-refractivity contribution in [1.29, 1.82) is 0 Å². The van der Waals surface area contributed by atoms with Crippen molar-refractivity contribution in [2.24, 2.45) is 0 Å². The molecule has 1 atom stereocenters. The van der Waals surface area contributed by atoms with E-state index in [9.17, 15) is 9.90 Å². The van der Waals surface area contributed by atoms with Gasteiger partial charge in [0.15, 0.2) is 0 Å². The topological polar surface area (TPSA) is 58.6 Å². The number of methoxy groups -OCH3 is 1. The van der Waals surface area contributed by atoms with Crippen LogP contribution in [0.3, 0.4) is 0 Å². The summed E-state index contributed by atoms with van der Waals surface area (Å²) in [4.78, 5) is 12.5. The first kappa shape index (κ1) is 16.8. The first-order valence-corrected chi connectivity index (χ1v) is 8.09. The summed E-state index contributed by atoms with van der Waals surface area (Å²) in [6, 6.07) is 7.11. The van der Waals surface area contributed by atoms with E-state index in [4.69, 9.17) is 4.74 Å². The third-order valence-corrected chi connectivity index (χ3v) is 4.39. The lowest BCUT2D eigenvalue weighted by Gasteiger charge is -2.41. The largest absolute Gasteiger partial charge is 0.497 e. The molecular formula is C17H27N2O3+. The molecule has 1 heterocycles. The van der Waals surface area contributed by atoms with E-state index in [-0.39, 0.29) is 12.0 Å². The van der Waals surface area contributed by atoms with Crippen LogP contribution in [0.2, 0.25) is 0 Å². The van der Waals surface area contributed by atoms with Gasteiger partial charge in [-0.25, -0.2) is 4.59 Å². The third-order valence-electron chi connectivity index (χ3n) is 4.39. The van der Waals surface area contributed by atoms with Gasteiger partial charge in [0.05, 0.1) is 7.11 Å². The Hall–Kier alpha value is -1.59. The molecule has 1 aromatic carbocycles. The Labute approximate surface area is 132 Å². The average Bonchev–Trinajstić information content (AvgIpc) is 2.55. The van der Waals surface area contributed by atoms with Crippen LogP contribution in [-0.4, -0.2) is 48.5 Å². The quantitative estimate of drug-likeness (QED) is 0.791. The zero-order chi connectivity index (χ0) is 16.0. The molecule has 0 saturated carbocycles. The van der Waals surface area contributed by atoms with E-state index >= 15 is 0 Å². The van der Waals surface area contributed by atoms with E-state index in [2.05, 4.69) is 5.43 Å². The molecule has 0 bridgehead atoms. The summed E-state index contributed by atoms with van der Waals surface area (Å²) in [5.41, 5.74) is 3.77. The molecule has 1 amide bonds. The summed E-state index contributed by atoms with van der Waals surface area (Å²) in [7, 11) is 1.61. The van der Waals surface area contributed by atoms with Crippen molar-refractivity contribution in [3.8, 4) is 5.75 Å². The van der Waals surface area contributed by atoms with Crippen LogP contribution in [-0.2, 0) is 0 Å². The number of quaternary nitrogens is 1. The Bertz CT molecular complexity index is 481. The molecule has 5 heteroatoms. The number of aliphatic hydroxyl groups excluding tert-OH is 1. The zero-order valence-electron chi connectivity index (χ0n) is 13.5. The molecule has 22 heavy (non-hydrogen) atoms. The maximum absolute atomic E-state index is 12.5. The summed E-state index contributed by atoms with van der Waals surface area (Å²) >= 11 is 0. The van der Waals surface area contributed by atoms with Crippen LogP contribution in [0.25, 0.3) is 0 Å². The third kappa shape index (κ3) is 4.21. The van der Waals surface area contributed by atoms with Gasteiger partial charge in [-0.15, -0.1) is 0 Å². The SMILES string of the molecule is CCC(O)C[N+]1(NC(=O)c2ccc(OC)cc2)CCCCC1. The fraction of sp³-hybridized carbons (Fsp3) is 0.588. The number of rotatable bonds is 6. The molecule has 1 saturated heterocycles. The molecule has 1 unspecified atom stereocenters. The number of piperidine rings is 1. The Kier molecular flexibility index (Phi) is 5.80. The van der Waals surface area contributed by atoms with Crippen LogP contribution in [0.15, 0.2) is 24.3 Å². The molecule has 1 aromatic rings. The summed E-state index contributed by atoms with van der Waals surface area (Å²) in [6.45, 7) is 4.33. The molecule has 1 aliphatic rings. The maximum atomic E-state index is 12.5. The first-order chi connectivity index (χ1) is 10.6. The van der Waals surface area contributed by atoms with Gasteiger partial charge in [-0.1, -0.05) is 6.92 Å². The number of nitrogens with one attached hydrogen (secondary N) is 1. The van der Waals surface area contributed by atoms with Gasteiger partial charge in [-0.05, 0) is 49.9 Å². The number of carbonyl (C=O) groups excluding carboxylic acids is 1. The number of hydrogen-bond donors (Lipinski definition) is 2. The lowest BCUT2D eigenvalue weighted by molar-refractivity contribution is -0.967. The van der Waals surface area contributed by atoms with Crippen LogP contribution in [0.1, 0.15) is 43.0 Å². The van der Waals surface area contributed by atoms with Crippen LogP contribution in [0.5, 0.6) is 5.75 Å². The Morgan fingerprint density at radius 1 is 1.27 bits per heavy atom. The Balaban J connectivity index is 2.09. The first-order valence-electron chi connectivity index (χ1n) is 8.09. The van der Waals surface area contributed by atoms with E-state index in [0.717, 1.165) is 31.7 Å². The van der Waals surface area contributed by atoms with Crippen molar-refractivity contribution in [3.05, 3.63) is 29.8 Å². The molecule has 5 nitrogen and oxygen atoms in total. The van der Waals surface area contributed by atoms with Gasteiger partial charge in [-0.3, -0.25) is 4.79 Å². The normalized spacial score (nSPS) is 18.5. The molecule has 0 spiro atoms. The van der Waals surface area contributed by atoms with Crippen LogP contribution >= 0.6 is 0 Å². The second-order valence-electron chi connectivity index (χ2n) is 6.07. The molecule has 1 fully saturated rings. The van der Waals surface area contributed by atoms with Crippen molar-refractivity contribution in [3.63, 3.8) is 0 Å². The molecule has 1 aliphatic heterocycles. The number of hydrogen-bond acceptors (Lipinski definition) is 3. The molecule has 122 valence electrons. The average molecular weight is 307 g/mol. The van der Waals surface area contributed by atoms with Crippen molar-refractivity contribution in [2.45, 2.75) is 38.7 Å². The minimum absolute atomic E-state index is 0.0899. The number of nitrogens with zero attached hydrogens (tertiary/aromatic N) is 1. The fourth-order valence-corrected chi connectivity index (χ4v) is 3.01. The van der Waals surface area contributed by atoms with Gasteiger partial charge >= 0.3 is 0 Å². The van der Waals surface area contributed by atoms with Gasteiger partial charge in [-0.2, -0.15) is 5.43 Å². The number of aliphatic hydroxyl groups is 1. The van der Waals surface area contributed by atoms with Crippen LogP contribution in [0, 0.1) is 0 Å². The van der Waals surface area contributed by atoms with Crippen molar-refractivity contribution in [1.82, 2.24) is 5.43 Å². The van der Waals surface area contributed by atoms with E-state index in [1.807, 2.05) is 6.92 Å². The second-order valence-corrected chi connectivity index (χ2v) is 6.07. The summed E-state index contributed by atoms with van der Waals surface area (Å²) < 4.78 is 5.60. The number of benzene rings is 1. The lowest BCUT2D eigenvalue weighted by Crippen LogP contribution is -2.64. The highest BCUT2D eigenvalue weighted by molar-refractivity contribution is 5.93. The van der Waals surface area contributed by atoms with Gasteiger partial charge in [0.1, 0.15) is 31.5 Å². The second kappa shape index (κ2) is 7.61. The Morgan fingerprint density at radius 3 is 2.45 bits per heavy atom. The van der Waals surface area contributed by atoms with Gasteiger partial charge < -0.3 is 9.84 Å². The lowest BCUT2D eigenvalue weighted by atomic mass is 10.1. The number of amides is 1. The minimum Gasteiger partial charge on any atom is -0.497 e. The number of carbonyl (C=O) groups is 1. The van der Waals surface area contributed by atoms with E-state index < -0.39 is 0 Å². The van der Waals surface area contributed by atoms with Crippen molar-refractivity contribution < 1.29 is 19.2 Å². The van der Waals surface area contributed by atoms with Crippen molar-refractivity contribution in [2.75, 3.05) is 26.7 Å². The van der Waals surface area contributed by atoms with E-state index in [1.165, 1.54) is 6.42 Å². The molecule has 0 radical (unpaired) electrons. The molecule has 0 aliphatic carbocycles. The molecule has 2 rings (SSSR count). The van der Waals surface area contributed by atoms with Crippen LogP contribution in [0.4, 0.5) is 0 Å². The minimum atomic E-state index is -0.380. The zero-order valence-corrected chi connectivity index (χ0v) is 13.5. The molecular weight excluding hydrogens is 280 g/mol. The summed E-state index contributed by atoms with van der Waals surface area (Å²) in [5.74, 6) is 0.646. The standard InChI is InChI=1S/C17H26N2O3/c1-3-15(20)13-19(11-5-4-6-12-19)18-17(21)14-7-9-16(22-2)10-8-14/h7-10,15,20H,3-6,11-13H2,1-2H3/p+1.